The maximum absolute atomic E-state index is 5.91. The third-order valence-electron chi connectivity index (χ3n) is 3.97. The van der Waals surface area contributed by atoms with E-state index in [1.807, 2.05) is 0 Å². The first-order valence-corrected chi connectivity index (χ1v) is 12.1. The molecule has 0 amide bonds. The third-order valence-corrected chi connectivity index (χ3v) is 5.67. The first-order chi connectivity index (χ1) is 9.08. The van der Waals surface area contributed by atoms with E-state index >= 15 is 0 Å². The van der Waals surface area contributed by atoms with Crippen LogP contribution >= 0.6 is 0 Å². The molecule has 1 aliphatic heterocycles. The van der Waals surface area contributed by atoms with E-state index < -0.39 is 8.07 Å². The lowest BCUT2D eigenvalue weighted by molar-refractivity contribution is 0.0333. The number of hydrogen-bond donors (Lipinski definition) is 0. The number of ether oxygens (including phenoxy) is 1. The van der Waals surface area contributed by atoms with Crippen LogP contribution in [0.25, 0.3) is 0 Å². The number of rotatable bonds is 5. The summed E-state index contributed by atoms with van der Waals surface area (Å²) in [7, 11) is -0.927. The van der Waals surface area contributed by atoms with Crippen LogP contribution in [0.2, 0.25) is 25.7 Å². The Morgan fingerprint density at radius 1 is 0.789 bits per heavy atom. The van der Waals surface area contributed by atoms with Crippen LogP contribution in [0.1, 0.15) is 51.4 Å². The Bertz CT molecular complexity index is 203. The average Bonchev–Trinajstić information content (AvgIpc) is 2.39. The van der Waals surface area contributed by atoms with Crippen molar-refractivity contribution in [3.05, 3.63) is 0 Å². The fourth-order valence-corrected chi connectivity index (χ4v) is 3.30. The van der Waals surface area contributed by atoms with Crippen LogP contribution in [0.3, 0.4) is 0 Å². The van der Waals surface area contributed by atoms with Crippen LogP contribution in [0.4, 0.5) is 0 Å². The van der Waals surface area contributed by atoms with Gasteiger partial charge in [-0.1, -0.05) is 58.2 Å². The van der Waals surface area contributed by atoms with Crippen molar-refractivity contribution in [1.82, 2.24) is 4.90 Å². The van der Waals surface area contributed by atoms with E-state index in [0.717, 1.165) is 13.3 Å². The van der Waals surface area contributed by atoms with Crippen molar-refractivity contribution in [2.75, 3.05) is 26.4 Å². The fraction of sp³-hybridized carbons (Fsp3) is 1.00. The molecule has 0 aromatic rings. The molecule has 0 aromatic carbocycles. The molecule has 0 saturated carbocycles. The molecule has 1 aliphatic rings. The van der Waals surface area contributed by atoms with Gasteiger partial charge in [0.25, 0.3) is 0 Å². The summed E-state index contributed by atoms with van der Waals surface area (Å²) in [5, 5.41) is 0. The topological polar surface area (TPSA) is 12.5 Å². The van der Waals surface area contributed by atoms with Crippen molar-refractivity contribution in [2.24, 2.45) is 0 Å². The number of hydrogen-bond acceptors (Lipinski definition) is 2. The minimum absolute atomic E-state index is 0.866. The zero-order chi connectivity index (χ0) is 14.0. The first kappa shape index (κ1) is 17.2. The monoisotopic (exact) mass is 285 g/mol. The molecular formula is C16H35NOSi. The summed E-state index contributed by atoms with van der Waals surface area (Å²) in [4.78, 5) is 2.54. The van der Waals surface area contributed by atoms with Gasteiger partial charge in [-0.3, -0.25) is 4.90 Å². The maximum atomic E-state index is 5.91. The third kappa shape index (κ3) is 10.6. The Morgan fingerprint density at radius 2 is 1.26 bits per heavy atom. The quantitative estimate of drug-likeness (QED) is 0.534. The lowest BCUT2D eigenvalue weighted by Crippen LogP contribution is -2.30. The van der Waals surface area contributed by atoms with Crippen LogP contribution < -0.4 is 0 Å². The van der Waals surface area contributed by atoms with Crippen LogP contribution in [0.5, 0.6) is 0 Å². The van der Waals surface area contributed by atoms with Gasteiger partial charge in [0.05, 0.1) is 6.73 Å². The van der Waals surface area contributed by atoms with E-state index in [9.17, 15) is 0 Å². The van der Waals surface area contributed by atoms with Crippen molar-refractivity contribution in [2.45, 2.75) is 77.1 Å². The maximum Gasteiger partial charge on any atom is 0.0990 e. The second kappa shape index (κ2) is 9.95. The van der Waals surface area contributed by atoms with E-state index in [0.29, 0.717) is 0 Å². The van der Waals surface area contributed by atoms with E-state index in [1.54, 1.807) is 0 Å². The predicted octanol–water partition coefficient (Wildman–Crippen LogP) is 4.74. The van der Waals surface area contributed by atoms with E-state index in [4.69, 9.17) is 4.74 Å². The molecule has 0 bridgehead atoms. The zero-order valence-electron chi connectivity index (χ0n) is 13.5. The van der Waals surface area contributed by atoms with Crippen molar-refractivity contribution in [1.29, 1.82) is 0 Å². The normalized spacial score (nSPS) is 21.0. The van der Waals surface area contributed by atoms with Crippen LogP contribution in [-0.2, 0) is 4.74 Å². The van der Waals surface area contributed by atoms with Crippen molar-refractivity contribution in [3.63, 3.8) is 0 Å². The van der Waals surface area contributed by atoms with Crippen LogP contribution in [0, 0.1) is 0 Å². The highest BCUT2D eigenvalue weighted by Crippen LogP contribution is 2.12. The summed E-state index contributed by atoms with van der Waals surface area (Å²) < 4.78 is 5.91. The van der Waals surface area contributed by atoms with Crippen molar-refractivity contribution >= 4 is 8.07 Å². The van der Waals surface area contributed by atoms with Gasteiger partial charge in [-0.15, -0.1) is 0 Å². The Hall–Kier alpha value is 0.137. The molecule has 1 saturated heterocycles. The van der Waals surface area contributed by atoms with Gasteiger partial charge in [-0.05, 0) is 18.9 Å². The van der Waals surface area contributed by atoms with E-state index in [-0.39, 0.29) is 0 Å². The molecule has 0 aromatic heterocycles. The van der Waals surface area contributed by atoms with Crippen LogP contribution in [-0.4, -0.2) is 39.4 Å². The van der Waals surface area contributed by atoms with Crippen LogP contribution in [0.15, 0.2) is 0 Å². The van der Waals surface area contributed by atoms with Gasteiger partial charge < -0.3 is 4.74 Å². The standard InChI is InChI=1S/C16H35NOSi/c1-19(2,3)15-14-18-16-17-12-10-8-6-4-5-7-9-11-13-17/h4-16H2,1-3H3. The summed E-state index contributed by atoms with van der Waals surface area (Å²) in [6.07, 6.45) is 11.3. The summed E-state index contributed by atoms with van der Waals surface area (Å²) in [6, 6.07) is 1.29. The summed E-state index contributed by atoms with van der Waals surface area (Å²) >= 11 is 0. The second-order valence-electron chi connectivity index (χ2n) is 7.29. The summed E-state index contributed by atoms with van der Waals surface area (Å²) in [5.41, 5.74) is 0. The zero-order valence-corrected chi connectivity index (χ0v) is 14.5. The van der Waals surface area contributed by atoms with E-state index in [1.165, 1.54) is 70.5 Å². The molecule has 19 heavy (non-hydrogen) atoms. The smallest absolute Gasteiger partial charge is 0.0990 e. The lowest BCUT2D eigenvalue weighted by atomic mass is 10.1. The van der Waals surface area contributed by atoms with Gasteiger partial charge in [0.1, 0.15) is 0 Å². The molecular weight excluding hydrogens is 250 g/mol. The summed E-state index contributed by atoms with van der Waals surface area (Å²) in [6.45, 7) is 11.6. The molecule has 114 valence electrons. The Labute approximate surface area is 121 Å². The molecule has 3 heteroatoms. The van der Waals surface area contributed by atoms with Gasteiger partial charge in [0, 0.05) is 27.8 Å². The largest absolute Gasteiger partial charge is 0.366 e. The summed E-state index contributed by atoms with van der Waals surface area (Å²) in [5.74, 6) is 0. The second-order valence-corrected chi connectivity index (χ2v) is 12.9. The first-order valence-electron chi connectivity index (χ1n) is 8.38. The minimum atomic E-state index is -0.927. The highest BCUT2D eigenvalue weighted by atomic mass is 28.3. The molecule has 0 aliphatic carbocycles. The molecule has 0 N–H and O–H groups in total. The average molecular weight is 286 g/mol. The fourth-order valence-electron chi connectivity index (χ4n) is 2.54. The van der Waals surface area contributed by atoms with Crippen molar-refractivity contribution in [3.8, 4) is 0 Å². The molecule has 1 heterocycles. The van der Waals surface area contributed by atoms with Gasteiger partial charge in [0.15, 0.2) is 0 Å². The highest BCUT2D eigenvalue weighted by molar-refractivity contribution is 6.76. The molecule has 0 spiro atoms. The molecule has 0 atom stereocenters. The predicted molar refractivity (Wildman–Crippen MR) is 87.5 cm³/mol. The van der Waals surface area contributed by atoms with Crippen molar-refractivity contribution < 1.29 is 4.74 Å². The van der Waals surface area contributed by atoms with Gasteiger partial charge >= 0.3 is 0 Å². The lowest BCUT2D eigenvalue weighted by Gasteiger charge is -2.23. The highest BCUT2D eigenvalue weighted by Gasteiger charge is 2.13. The molecule has 0 radical (unpaired) electrons. The SMILES string of the molecule is C[Si](C)(C)CCOCN1CCCCCCCCCC1. The van der Waals surface area contributed by atoms with Gasteiger partial charge in [0.2, 0.25) is 0 Å². The molecule has 1 rings (SSSR count). The molecule has 0 unspecified atom stereocenters. The molecule has 2 nitrogen and oxygen atoms in total. The molecule has 1 fully saturated rings. The number of nitrogens with zero attached hydrogens (tertiary/aromatic N) is 1. The Balaban J connectivity index is 2.16. The van der Waals surface area contributed by atoms with Gasteiger partial charge in [-0.25, -0.2) is 0 Å². The Kier molecular flexibility index (Phi) is 9.00. The van der Waals surface area contributed by atoms with Gasteiger partial charge in [-0.2, -0.15) is 0 Å². The van der Waals surface area contributed by atoms with E-state index in [2.05, 4.69) is 24.5 Å². The Morgan fingerprint density at radius 3 is 1.74 bits per heavy atom. The minimum Gasteiger partial charge on any atom is -0.366 e.